The molecule has 0 spiro atoms. The third-order valence-corrected chi connectivity index (χ3v) is 6.52. The van der Waals surface area contributed by atoms with Gasteiger partial charge < -0.3 is 5.32 Å². The molecule has 0 aromatic carbocycles. The summed E-state index contributed by atoms with van der Waals surface area (Å²) in [6.07, 6.45) is 5.83. The number of nitrogens with one attached hydrogen (secondary N) is 1. The molecule has 0 saturated heterocycles. The van der Waals surface area contributed by atoms with Crippen LogP contribution in [-0.2, 0) is 4.79 Å². The molecule has 2 fully saturated rings. The Morgan fingerprint density at radius 1 is 1.32 bits per heavy atom. The van der Waals surface area contributed by atoms with E-state index in [4.69, 9.17) is 11.6 Å². The molecule has 0 radical (unpaired) electrons. The number of carbonyl (C=O) groups excluding carboxylic acids is 2. The Bertz CT molecular complexity index is 571. The minimum absolute atomic E-state index is 0.000346. The highest BCUT2D eigenvalue weighted by Gasteiger charge is 2.42. The molecule has 0 unspecified atom stereocenters. The molecule has 2 aliphatic rings. The molecule has 2 bridgehead atoms. The second kappa shape index (κ2) is 6.71. The molecule has 1 heterocycles. The SMILES string of the molecule is C[C@H](NC(=O)CCC(=O)c1ccc(Cl)s1)[C@@H]1C[C@H]2CC[C@H]1C2. The van der Waals surface area contributed by atoms with Crippen LogP contribution in [0.15, 0.2) is 12.1 Å². The van der Waals surface area contributed by atoms with Crippen LogP contribution in [0.5, 0.6) is 0 Å². The number of Topliss-reactive ketones (excluding diaryl/α,β-unsaturated/α-hetero) is 1. The zero-order chi connectivity index (χ0) is 15.7. The standard InChI is InChI=1S/C17H22ClNO2S/c1-10(13-9-11-2-3-12(13)8-11)19-17(21)7-4-14(20)15-5-6-16(18)22-15/h5-6,10-13H,2-4,7-9H2,1H3,(H,19,21)/t10-,11-,12-,13-/m0/s1. The van der Waals surface area contributed by atoms with Crippen LogP contribution in [0.4, 0.5) is 0 Å². The van der Waals surface area contributed by atoms with Crippen molar-refractivity contribution in [2.45, 2.75) is 51.5 Å². The normalized spacial score (nSPS) is 27.8. The van der Waals surface area contributed by atoms with E-state index in [0.29, 0.717) is 15.1 Å². The van der Waals surface area contributed by atoms with Gasteiger partial charge in [-0.1, -0.05) is 18.0 Å². The third-order valence-electron chi connectivity index (χ3n) is 5.25. The summed E-state index contributed by atoms with van der Waals surface area (Å²) in [6, 6.07) is 3.68. The van der Waals surface area contributed by atoms with Gasteiger partial charge in [-0.2, -0.15) is 0 Å². The molecule has 2 saturated carbocycles. The number of rotatable bonds is 6. The fourth-order valence-corrected chi connectivity index (χ4v) is 5.16. The lowest BCUT2D eigenvalue weighted by atomic mass is 9.84. The van der Waals surface area contributed by atoms with Crippen molar-refractivity contribution in [1.82, 2.24) is 5.32 Å². The van der Waals surface area contributed by atoms with E-state index < -0.39 is 0 Å². The first-order valence-electron chi connectivity index (χ1n) is 8.11. The highest BCUT2D eigenvalue weighted by molar-refractivity contribution is 7.18. The highest BCUT2D eigenvalue weighted by atomic mass is 35.5. The van der Waals surface area contributed by atoms with Crippen molar-refractivity contribution in [3.63, 3.8) is 0 Å². The Kier molecular flexibility index (Phi) is 4.88. The lowest BCUT2D eigenvalue weighted by Crippen LogP contribution is -2.40. The monoisotopic (exact) mass is 339 g/mol. The van der Waals surface area contributed by atoms with Crippen molar-refractivity contribution in [2.75, 3.05) is 0 Å². The third kappa shape index (κ3) is 3.54. The smallest absolute Gasteiger partial charge is 0.220 e. The van der Waals surface area contributed by atoms with Gasteiger partial charge in [-0.15, -0.1) is 11.3 Å². The first-order valence-corrected chi connectivity index (χ1v) is 9.30. The molecule has 5 heteroatoms. The molecule has 3 rings (SSSR count). The van der Waals surface area contributed by atoms with Gasteiger partial charge >= 0.3 is 0 Å². The van der Waals surface area contributed by atoms with Crippen molar-refractivity contribution in [3.8, 4) is 0 Å². The van der Waals surface area contributed by atoms with Crippen LogP contribution in [0.1, 0.15) is 55.1 Å². The molecule has 1 amide bonds. The summed E-state index contributed by atoms with van der Waals surface area (Å²) in [5.41, 5.74) is 0. The Morgan fingerprint density at radius 2 is 2.14 bits per heavy atom. The summed E-state index contributed by atoms with van der Waals surface area (Å²) < 4.78 is 0.609. The fourth-order valence-electron chi connectivity index (χ4n) is 4.15. The van der Waals surface area contributed by atoms with Gasteiger partial charge in [-0.05, 0) is 56.1 Å². The highest BCUT2D eigenvalue weighted by Crippen LogP contribution is 2.49. The van der Waals surface area contributed by atoms with Crippen molar-refractivity contribution in [3.05, 3.63) is 21.3 Å². The number of hydrogen-bond donors (Lipinski definition) is 1. The van der Waals surface area contributed by atoms with E-state index in [1.54, 1.807) is 12.1 Å². The first kappa shape index (κ1) is 16.0. The number of thiophene rings is 1. The van der Waals surface area contributed by atoms with Gasteiger partial charge in [0.1, 0.15) is 0 Å². The summed E-state index contributed by atoms with van der Waals surface area (Å²) in [6.45, 7) is 2.12. The average molecular weight is 340 g/mol. The molecule has 3 nitrogen and oxygen atoms in total. The van der Waals surface area contributed by atoms with Crippen molar-refractivity contribution in [2.24, 2.45) is 17.8 Å². The van der Waals surface area contributed by atoms with Crippen molar-refractivity contribution < 1.29 is 9.59 Å². The number of carbonyl (C=O) groups is 2. The molecule has 120 valence electrons. The van der Waals surface area contributed by atoms with E-state index in [-0.39, 0.29) is 30.6 Å². The predicted octanol–water partition coefficient (Wildman–Crippen LogP) is 4.31. The first-order chi connectivity index (χ1) is 10.5. The maximum atomic E-state index is 12.1. The average Bonchev–Trinajstić information content (AvgIpc) is 3.20. The second-order valence-electron chi connectivity index (χ2n) is 6.72. The van der Waals surface area contributed by atoms with Gasteiger partial charge in [-0.3, -0.25) is 9.59 Å². The number of ketones is 1. The molecule has 1 N–H and O–H groups in total. The molecular weight excluding hydrogens is 318 g/mol. The van der Waals surface area contributed by atoms with E-state index in [1.165, 1.54) is 37.0 Å². The van der Waals surface area contributed by atoms with Gasteiger partial charge in [0.25, 0.3) is 0 Å². The summed E-state index contributed by atoms with van der Waals surface area (Å²) in [4.78, 5) is 24.7. The number of halogens is 1. The van der Waals surface area contributed by atoms with Crippen LogP contribution in [0.2, 0.25) is 4.34 Å². The lowest BCUT2D eigenvalue weighted by Gasteiger charge is -2.28. The Labute approximate surface area is 140 Å². The molecule has 22 heavy (non-hydrogen) atoms. The maximum absolute atomic E-state index is 12.1. The van der Waals surface area contributed by atoms with E-state index in [1.807, 2.05) is 0 Å². The van der Waals surface area contributed by atoms with Gasteiger partial charge in [0.2, 0.25) is 5.91 Å². The van der Waals surface area contributed by atoms with E-state index in [0.717, 1.165) is 11.8 Å². The van der Waals surface area contributed by atoms with Gasteiger partial charge in [-0.25, -0.2) is 0 Å². The number of amides is 1. The molecule has 1 aromatic heterocycles. The number of hydrogen-bond acceptors (Lipinski definition) is 3. The van der Waals surface area contributed by atoms with Crippen LogP contribution < -0.4 is 5.32 Å². The summed E-state index contributed by atoms with van der Waals surface area (Å²) in [5, 5.41) is 3.10. The Hall–Kier alpha value is -0.870. The molecule has 0 aliphatic heterocycles. The largest absolute Gasteiger partial charge is 0.353 e. The van der Waals surface area contributed by atoms with Crippen LogP contribution in [-0.4, -0.2) is 17.7 Å². The molecule has 4 atom stereocenters. The summed E-state index contributed by atoms with van der Waals surface area (Å²) >= 11 is 7.10. The quantitative estimate of drug-likeness (QED) is 0.785. The number of fused-ring (bicyclic) bond motifs is 2. The maximum Gasteiger partial charge on any atom is 0.220 e. The summed E-state index contributed by atoms with van der Waals surface area (Å²) in [5.74, 6) is 2.31. The summed E-state index contributed by atoms with van der Waals surface area (Å²) in [7, 11) is 0. The van der Waals surface area contributed by atoms with Gasteiger partial charge in [0.15, 0.2) is 5.78 Å². The van der Waals surface area contributed by atoms with Gasteiger partial charge in [0.05, 0.1) is 9.21 Å². The lowest BCUT2D eigenvalue weighted by molar-refractivity contribution is -0.122. The van der Waals surface area contributed by atoms with Crippen LogP contribution in [0.3, 0.4) is 0 Å². The van der Waals surface area contributed by atoms with Crippen LogP contribution in [0, 0.1) is 17.8 Å². The topological polar surface area (TPSA) is 46.2 Å². The molecule has 1 aromatic rings. The van der Waals surface area contributed by atoms with E-state index in [2.05, 4.69) is 12.2 Å². The second-order valence-corrected chi connectivity index (χ2v) is 8.44. The van der Waals surface area contributed by atoms with Gasteiger partial charge in [0, 0.05) is 18.9 Å². The van der Waals surface area contributed by atoms with Crippen LogP contribution in [0.25, 0.3) is 0 Å². The predicted molar refractivity (Wildman–Crippen MR) is 89.4 cm³/mol. The van der Waals surface area contributed by atoms with Crippen LogP contribution >= 0.6 is 22.9 Å². The zero-order valence-electron chi connectivity index (χ0n) is 12.8. The van der Waals surface area contributed by atoms with Crippen molar-refractivity contribution in [1.29, 1.82) is 0 Å². The van der Waals surface area contributed by atoms with E-state index >= 15 is 0 Å². The minimum Gasteiger partial charge on any atom is -0.353 e. The zero-order valence-corrected chi connectivity index (χ0v) is 14.4. The van der Waals surface area contributed by atoms with Crippen molar-refractivity contribution >= 4 is 34.6 Å². The molecular formula is C17H22ClNO2S. The fraction of sp³-hybridized carbons (Fsp3) is 0.647. The van der Waals surface area contributed by atoms with E-state index in [9.17, 15) is 9.59 Å². The minimum atomic E-state index is -0.00808. The molecule has 2 aliphatic carbocycles. The Balaban J connectivity index is 1.43. The Morgan fingerprint density at radius 3 is 2.73 bits per heavy atom.